The topological polar surface area (TPSA) is 137 Å². The van der Waals surface area contributed by atoms with Crippen LogP contribution in [0.2, 0.25) is 0 Å². The van der Waals surface area contributed by atoms with Crippen molar-refractivity contribution in [2.75, 3.05) is 17.2 Å². The number of aromatic nitrogens is 2. The minimum Gasteiger partial charge on any atom is -0.358 e. The van der Waals surface area contributed by atoms with E-state index in [0.717, 1.165) is 24.1 Å². The maximum Gasteiger partial charge on any atom is 0.243 e. The number of amides is 3. The monoisotopic (exact) mass is 507 g/mol. The van der Waals surface area contributed by atoms with E-state index in [1.54, 1.807) is 6.92 Å². The van der Waals surface area contributed by atoms with E-state index in [-0.39, 0.29) is 17.7 Å². The fourth-order valence-corrected chi connectivity index (χ4v) is 4.36. The Kier molecular flexibility index (Phi) is 8.58. The molecule has 0 unspecified atom stereocenters. The summed E-state index contributed by atoms with van der Waals surface area (Å²) in [5.41, 5.74) is 1.72. The SMILES string of the molecule is CC(C)[C@H]1NC(=O)[C@H](Cc2ccccc2)Nc2cc(nc(NC3CCC3)n2)CCNC(=O)[C@H](C)NC1=O. The van der Waals surface area contributed by atoms with Gasteiger partial charge in [-0.2, -0.15) is 4.98 Å². The molecule has 0 saturated heterocycles. The number of carbonyl (C=O) groups is 3. The normalized spacial score (nSPS) is 23.5. The van der Waals surface area contributed by atoms with Crippen LogP contribution in [0.25, 0.3) is 0 Å². The van der Waals surface area contributed by atoms with Gasteiger partial charge in [0.1, 0.15) is 23.9 Å². The van der Waals surface area contributed by atoms with Gasteiger partial charge in [0.15, 0.2) is 0 Å². The molecule has 198 valence electrons. The van der Waals surface area contributed by atoms with Crippen molar-refractivity contribution in [3.63, 3.8) is 0 Å². The third-order valence-electron chi connectivity index (χ3n) is 6.82. The molecule has 3 atom stereocenters. The third-order valence-corrected chi connectivity index (χ3v) is 6.82. The second-order valence-corrected chi connectivity index (χ2v) is 10.2. The Labute approximate surface area is 217 Å². The molecule has 2 aromatic rings. The van der Waals surface area contributed by atoms with Crippen LogP contribution in [-0.2, 0) is 27.2 Å². The Bertz CT molecular complexity index is 1100. The maximum absolute atomic E-state index is 13.6. The Hall–Kier alpha value is -3.69. The summed E-state index contributed by atoms with van der Waals surface area (Å²) in [6.07, 6.45) is 4.20. The first-order valence-electron chi connectivity index (χ1n) is 13.1. The molecule has 0 radical (unpaired) electrons. The van der Waals surface area contributed by atoms with Crippen molar-refractivity contribution < 1.29 is 14.4 Å². The highest BCUT2D eigenvalue weighted by molar-refractivity contribution is 5.93. The molecule has 37 heavy (non-hydrogen) atoms. The lowest BCUT2D eigenvalue weighted by Crippen LogP contribution is -2.56. The fraction of sp³-hybridized carbons (Fsp3) is 0.519. The van der Waals surface area contributed by atoms with E-state index in [9.17, 15) is 14.4 Å². The van der Waals surface area contributed by atoms with Crippen molar-refractivity contribution in [1.82, 2.24) is 25.9 Å². The molecule has 1 aliphatic heterocycles. The van der Waals surface area contributed by atoms with E-state index in [2.05, 4.69) is 36.6 Å². The zero-order valence-electron chi connectivity index (χ0n) is 21.7. The Morgan fingerprint density at radius 1 is 0.973 bits per heavy atom. The third kappa shape index (κ3) is 7.18. The number of benzene rings is 1. The van der Waals surface area contributed by atoms with Gasteiger partial charge in [0.2, 0.25) is 23.7 Å². The highest BCUT2D eigenvalue weighted by Crippen LogP contribution is 2.23. The van der Waals surface area contributed by atoms with E-state index in [4.69, 9.17) is 0 Å². The van der Waals surface area contributed by atoms with Crippen LogP contribution in [0.15, 0.2) is 36.4 Å². The molecule has 1 aliphatic carbocycles. The van der Waals surface area contributed by atoms with Crippen LogP contribution < -0.4 is 26.6 Å². The molecule has 2 bridgehead atoms. The van der Waals surface area contributed by atoms with Crippen molar-refractivity contribution in [1.29, 1.82) is 0 Å². The van der Waals surface area contributed by atoms with E-state index >= 15 is 0 Å². The lowest BCUT2D eigenvalue weighted by molar-refractivity contribution is -0.132. The van der Waals surface area contributed by atoms with E-state index < -0.39 is 24.0 Å². The van der Waals surface area contributed by atoms with Crippen LogP contribution in [0, 0.1) is 5.92 Å². The zero-order chi connectivity index (χ0) is 26.4. The number of nitrogens with one attached hydrogen (secondary N) is 5. The predicted octanol–water partition coefficient (Wildman–Crippen LogP) is 1.78. The summed E-state index contributed by atoms with van der Waals surface area (Å²) >= 11 is 0. The van der Waals surface area contributed by atoms with Gasteiger partial charge in [-0.05, 0) is 37.7 Å². The fourth-order valence-electron chi connectivity index (χ4n) is 4.36. The molecule has 2 heterocycles. The molecular formula is C27H37N7O3. The summed E-state index contributed by atoms with van der Waals surface area (Å²) in [5.74, 6) is -0.173. The van der Waals surface area contributed by atoms with Crippen molar-refractivity contribution in [2.24, 2.45) is 5.92 Å². The van der Waals surface area contributed by atoms with Crippen molar-refractivity contribution in [2.45, 2.75) is 77.0 Å². The maximum atomic E-state index is 13.6. The van der Waals surface area contributed by atoms with Crippen LogP contribution in [0.4, 0.5) is 11.8 Å². The first-order chi connectivity index (χ1) is 17.8. The first-order valence-corrected chi connectivity index (χ1v) is 13.1. The average Bonchev–Trinajstić information content (AvgIpc) is 2.84. The highest BCUT2D eigenvalue weighted by atomic mass is 16.2. The van der Waals surface area contributed by atoms with Gasteiger partial charge in [0.05, 0.1) is 0 Å². The minimum absolute atomic E-state index is 0.184. The van der Waals surface area contributed by atoms with Crippen molar-refractivity contribution in [3.8, 4) is 0 Å². The summed E-state index contributed by atoms with van der Waals surface area (Å²) in [7, 11) is 0. The molecule has 2 aliphatic rings. The standard InChI is InChI=1S/C27H37N7O3/c1-16(2)23-26(37)29-17(3)24(35)28-13-12-20-15-22(33-27(31-20)30-19-10-7-11-19)32-21(25(36)34-23)14-18-8-5-4-6-9-18/h4-6,8-9,15-17,19,21,23H,7,10-14H2,1-3H3,(H,28,35)(H,29,37)(H,34,36)(H2,30,31,32,33)/t17-,21-,23+/m0/s1. The van der Waals surface area contributed by atoms with E-state index in [1.165, 1.54) is 6.42 Å². The summed E-state index contributed by atoms with van der Waals surface area (Å²) < 4.78 is 0. The molecule has 3 amide bonds. The zero-order valence-corrected chi connectivity index (χ0v) is 21.7. The highest BCUT2D eigenvalue weighted by Gasteiger charge is 2.30. The van der Waals surface area contributed by atoms with Gasteiger partial charge in [-0.1, -0.05) is 44.2 Å². The van der Waals surface area contributed by atoms with Gasteiger partial charge in [-0.15, -0.1) is 0 Å². The van der Waals surface area contributed by atoms with Gasteiger partial charge in [0.25, 0.3) is 0 Å². The lowest BCUT2D eigenvalue weighted by atomic mass is 9.93. The quantitative estimate of drug-likeness (QED) is 0.416. The Morgan fingerprint density at radius 3 is 2.41 bits per heavy atom. The Morgan fingerprint density at radius 2 is 1.73 bits per heavy atom. The molecule has 1 saturated carbocycles. The Balaban J connectivity index is 1.67. The molecule has 10 nitrogen and oxygen atoms in total. The molecular weight excluding hydrogens is 470 g/mol. The average molecular weight is 508 g/mol. The predicted molar refractivity (Wildman–Crippen MR) is 142 cm³/mol. The van der Waals surface area contributed by atoms with Crippen molar-refractivity contribution in [3.05, 3.63) is 47.7 Å². The number of carbonyl (C=O) groups excluding carboxylic acids is 3. The minimum atomic E-state index is -0.801. The van der Waals surface area contributed by atoms with Crippen LogP contribution in [0.3, 0.4) is 0 Å². The van der Waals surface area contributed by atoms with E-state index in [1.807, 2.05) is 50.2 Å². The molecule has 0 spiro atoms. The van der Waals surface area contributed by atoms with Crippen LogP contribution in [-0.4, -0.2) is 58.4 Å². The van der Waals surface area contributed by atoms with Gasteiger partial charge in [0, 0.05) is 37.2 Å². The van der Waals surface area contributed by atoms with Gasteiger partial charge < -0.3 is 26.6 Å². The number of nitrogens with zero attached hydrogens (tertiary/aromatic N) is 2. The van der Waals surface area contributed by atoms with E-state index in [0.29, 0.717) is 37.2 Å². The summed E-state index contributed by atoms with van der Waals surface area (Å²) in [6, 6.07) is 9.64. The lowest BCUT2D eigenvalue weighted by Gasteiger charge is -2.27. The second kappa shape index (κ2) is 12.0. The number of anilines is 2. The summed E-state index contributed by atoms with van der Waals surface area (Å²) in [6.45, 7) is 5.71. The number of hydrogen-bond acceptors (Lipinski definition) is 7. The molecule has 5 N–H and O–H groups in total. The molecule has 1 aromatic carbocycles. The summed E-state index contributed by atoms with van der Waals surface area (Å²) in [4.78, 5) is 48.5. The van der Waals surface area contributed by atoms with Gasteiger partial charge in [-0.3, -0.25) is 14.4 Å². The number of fused-ring (bicyclic) bond motifs is 2. The largest absolute Gasteiger partial charge is 0.358 e. The van der Waals surface area contributed by atoms with Crippen LogP contribution in [0.5, 0.6) is 0 Å². The van der Waals surface area contributed by atoms with Crippen molar-refractivity contribution >= 4 is 29.5 Å². The summed E-state index contributed by atoms with van der Waals surface area (Å²) in [5, 5.41) is 15.2. The molecule has 1 fully saturated rings. The molecule has 10 heteroatoms. The smallest absolute Gasteiger partial charge is 0.243 e. The number of hydrogen-bond donors (Lipinski definition) is 5. The number of rotatable bonds is 5. The van der Waals surface area contributed by atoms with Crippen LogP contribution in [0.1, 0.15) is 51.3 Å². The molecule has 4 rings (SSSR count). The molecule has 1 aromatic heterocycles. The first kappa shape index (κ1) is 26.4. The van der Waals surface area contributed by atoms with Gasteiger partial charge in [-0.25, -0.2) is 4.98 Å². The van der Waals surface area contributed by atoms with Crippen LogP contribution >= 0.6 is 0 Å². The second-order valence-electron chi connectivity index (χ2n) is 10.2. The van der Waals surface area contributed by atoms with Gasteiger partial charge >= 0.3 is 0 Å².